The monoisotopic (exact) mass is 264 g/mol. The van der Waals surface area contributed by atoms with Gasteiger partial charge in [-0.25, -0.2) is 13.4 Å². The standard InChI is InChI=1S/C8H6Cl2N2O2S/c1-5-2-3-12-6(4-5)11-8(7(12)9)15(10,13)14/h2-4H,1H3. The van der Waals surface area contributed by atoms with E-state index in [4.69, 9.17) is 22.3 Å². The number of nitrogens with zero attached hydrogens (tertiary/aromatic N) is 2. The molecule has 0 aliphatic heterocycles. The van der Waals surface area contributed by atoms with Gasteiger partial charge in [0.15, 0.2) is 5.15 Å². The second kappa shape index (κ2) is 3.37. The number of hydrogen-bond donors (Lipinski definition) is 0. The van der Waals surface area contributed by atoms with Gasteiger partial charge in [-0.2, -0.15) is 0 Å². The topological polar surface area (TPSA) is 51.4 Å². The Morgan fingerprint density at radius 3 is 2.73 bits per heavy atom. The quantitative estimate of drug-likeness (QED) is 0.743. The highest BCUT2D eigenvalue weighted by Gasteiger charge is 2.21. The summed E-state index contributed by atoms with van der Waals surface area (Å²) in [5.74, 6) is 0. The van der Waals surface area contributed by atoms with Crippen molar-refractivity contribution in [1.82, 2.24) is 9.38 Å². The summed E-state index contributed by atoms with van der Waals surface area (Å²) >= 11 is 5.83. The van der Waals surface area contributed by atoms with Gasteiger partial charge in [0.2, 0.25) is 5.03 Å². The van der Waals surface area contributed by atoms with Crippen molar-refractivity contribution in [3.8, 4) is 0 Å². The van der Waals surface area contributed by atoms with Crippen LogP contribution in [0.25, 0.3) is 5.65 Å². The summed E-state index contributed by atoms with van der Waals surface area (Å²) < 4.78 is 23.7. The summed E-state index contributed by atoms with van der Waals surface area (Å²) in [4.78, 5) is 3.86. The predicted molar refractivity (Wildman–Crippen MR) is 58.0 cm³/mol. The molecule has 2 aromatic rings. The largest absolute Gasteiger partial charge is 0.289 e. The number of rotatable bonds is 1. The zero-order valence-electron chi connectivity index (χ0n) is 7.61. The predicted octanol–water partition coefficient (Wildman–Crippen LogP) is 2.22. The lowest BCUT2D eigenvalue weighted by Crippen LogP contribution is -1.91. The number of halogens is 2. The second-order valence-electron chi connectivity index (χ2n) is 3.08. The van der Waals surface area contributed by atoms with E-state index in [1.807, 2.05) is 6.92 Å². The fourth-order valence-electron chi connectivity index (χ4n) is 1.25. The van der Waals surface area contributed by atoms with Crippen molar-refractivity contribution >= 4 is 37.0 Å². The minimum Gasteiger partial charge on any atom is -0.289 e. The zero-order valence-corrected chi connectivity index (χ0v) is 9.94. The highest BCUT2D eigenvalue weighted by atomic mass is 35.7. The molecule has 0 radical (unpaired) electrons. The first-order valence-corrected chi connectivity index (χ1v) is 6.67. The number of aromatic nitrogens is 2. The lowest BCUT2D eigenvalue weighted by Gasteiger charge is -1.95. The van der Waals surface area contributed by atoms with E-state index in [2.05, 4.69) is 4.98 Å². The molecule has 0 aliphatic rings. The molecule has 0 bridgehead atoms. The minimum absolute atomic E-state index is 0.000000000000000666. The van der Waals surface area contributed by atoms with Crippen molar-refractivity contribution in [2.75, 3.05) is 0 Å². The van der Waals surface area contributed by atoms with Crippen LogP contribution in [0.4, 0.5) is 0 Å². The molecule has 15 heavy (non-hydrogen) atoms. The lowest BCUT2D eigenvalue weighted by molar-refractivity contribution is 0.607. The number of imidazole rings is 1. The average molecular weight is 265 g/mol. The second-order valence-corrected chi connectivity index (χ2v) is 5.92. The number of pyridine rings is 1. The van der Waals surface area contributed by atoms with Crippen LogP contribution >= 0.6 is 22.3 Å². The molecule has 2 heterocycles. The molecule has 0 saturated heterocycles. The van der Waals surface area contributed by atoms with Crippen LogP contribution < -0.4 is 0 Å². The Hall–Kier alpha value is -0.780. The van der Waals surface area contributed by atoms with Crippen molar-refractivity contribution in [2.45, 2.75) is 11.9 Å². The van der Waals surface area contributed by atoms with E-state index in [1.54, 1.807) is 18.3 Å². The van der Waals surface area contributed by atoms with Crippen LogP contribution in [0.15, 0.2) is 23.4 Å². The summed E-state index contributed by atoms with van der Waals surface area (Å²) in [5, 5.41) is -0.309. The zero-order chi connectivity index (χ0) is 11.2. The van der Waals surface area contributed by atoms with E-state index in [9.17, 15) is 8.42 Å². The maximum absolute atomic E-state index is 11.1. The molecule has 0 aliphatic carbocycles. The third-order valence-corrected chi connectivity index (χ3v) is 3.58. The SMILES string of the molecule is Cc1ccn2c(Cl)c(S(=O)(=O)Cl)nc2c1. The van der Waals surface area contributed by atoms with Gasteiger partial charge >= 0.3 is 0 Å². The third kappa shape index (κ3) is 1.82. The normalized spacial score (nSPS) is 12.2. The van der Waals surface area contributed by atoms with Crippen LogP contribution in [0.2, 0.25) is 5.15 Å². The molecule has 0 fully saturated rings. The first kappa shape index (κ1) is 10.7. The van der Waals surface area contributed by atoms with Gasteiger partial charge in [-0.3, -0.25) is 4.40 Å². The first-order chi connectivity index (χ1) is 6.89. The Bertz CT molecular complexity index is 633. The molecular weight excluding hydrogens is 259 g/mol. The van der Waals surface area contributed by atoms with Gasteiger partial charge in [0, 0.05) is 16.9 Å². The summed E-state index contributed by atoms with van der Waals surface area (Å²) in [6.07, 6.45) is 1.64. The minimum atomic E-state index is -3.90. The molecule has 0 atom stereocenters. The Labute approximate surface area is 95.9 Å². The molecule has 0 N–H and O–H groups in total. The van der Waals surface area contributed by atoms with Crippen LogP contribution in [0.1, 0.15) is 5.56 Å². The van der Waals surface area contributed by atoms with E-state index in [-0.39, 0.29) is 10.2 Å². The lowest BCUT2D eigenvalue weighted by atomic mass is 10.3. The molecule has 7 heteroatoms. The molecule has 0 unspecified atom stereocenters. The average Bonchev–Trinajstić information content (AvgIpc) is 2.42. The smallest absolute Gasteiger partial charge is 0.281 e. The third-order valence-electron chi connectivity index (χ3n) is 1.93. The van der Waals surface area contributed by atoms with E-state index in [0.29, 0.717) is 5.65 Å². The summed E-state index contributed by atoms with van der Waals surface area (Å²) in [7, 11) is 1.29. The van der Waals surface area contributed by atoms with Crippen LogP contribution in [0, 0.1) is 6.92 Å². The molecule has 2 rings (SSSR count). The van der Waals surface area contributed by atoms with Crippen LogP contribution in [-0.4, -0.2) is 17.8 Å². The maximum Gasteiger partial charge on any atom is 0.281 e. The Kier molecular flexibility index (Phi) is 2.41. The van der Waals surface area contributed by atoms with Gasteiger partial charge < -0.3 is 0 Å². The Morgan fingerprint density at radius 2 is 2.13 bits per heavy atom. The van der Waals surface area contributed by atoms with Crippen LogP contribution in [0.5, 0.6) is 0 Å². The molecule has 0 spiro atoms. The van der Waals surface area contributed by atoms with Gasteiger partial charge in [-0.05, 0) is 24.6 Å². The van der Waals surface area contributed by atoms with Gasteiger partial charge in [0.05, 0.1) is 0 Å². The summed E-state index contributed by atoms with van der Waals surface area (Å²) in [6.45, 7) is 1.87. The molecule has 0 saturated carbocycles. The number of fused-ring (bicyclic) bond motifs is 1. The van der Waals surface area contributed by atoms with Crippen LogP contribution in [0.3, 0.4) is 0 Å². The fourth-order valence-corrected chi connectivity index (χ4v) is 2.68. The molecule has 0 aromatic carbocycles. The van der Waals surface area contributed by atoms with E-state index >= 15 is 0 Å². The Balaban J connectivity index is 2.87. The molecule has 2 aromatic heterocycles. The maximum atomic E-state index is 11.1. The van der Waals surface area contributed by atoms with Gasteiger partial charge in [0.1, 0.15) is 5.65 Å². The van der Waals surface area contributed by atoms with Gasteiger partial charge in [-0.15, -0.1) is 0 Å². The molecular formula is C8H6Cl2N2O2S. The van der Waals surface area contributed by atoms with Crippen molar-refractivity contribution < 1.29 is 8.42 Å². The fraction of sp³-hybridized carbons (Fsp3) is 0.125. The summed E-state index contributed by atoms with van der Waals surface area (Å²) in [5.41, 5.74) is 1.42. The van der Waals surface area contributed by atoms with Crippen molar-refractivity contribution in [3.63, 3.8) is 0 Å². The van der Waals surface area contributed by atoms with Gasteiger partial charge in [0.25, 0.3) is 9.05 Å². The highest BCUT2D eigenvalue weighted by Crippen LogP contribution is 2.25. The van der Waals surface area contributed by atoms with E-state index in [0.717, 1.165) is 5.56 Å². The molecule has 0 amide bonds. The Morgan fingerprint density at radius 1 is 1.47 bits per heavy atom. The van der Waals surface area contributed by atoms with Crippen molar-refractivity contribution in [3.05, 3.63) is 29.0 Å². The highest BCUT2D eigenvalue weighted by molar-refractivity contribution is 8.13. The molecule has 80 valence electrons. The van der Waals surface area contributed by atoms with Crippen LogP contribution in [-0.2, 0) is 9.05 Å². The van der Waals surface area contributed by atoms with Crippen molar-refractivity contribution in [2.24, 2.45) is 0 Å². The summed E-state index contributed by atoms with van der Waals surface area (Å²) in [6, 6.07) is 3.52. The number of aryl methyl sites for hydroxylation is 1. The van der Waals surface area contributed by atoms with Crippen molar-refractivity contribution in [1.29, 1.82) is 0 Å². The van der Waals surface area contributed by atoms with E-state index < -0.39 is 9.05 Å². The molecule has 4 nitrogen and oxygen atoms in total. The number of hydrogen-bond acceptors (Lipinski definition) is 3. The first-order valence-electron chi connectivity index (χ1n) is 3.98. The van der Waals surface area contributed by atoms with E-state index in [1.165, 1.54) is 4.40 Å². The van der Waals surface area contributed by atoms with Gasteiger partial charge in [-0.1, -0.05) is 11.6 Å².